The van der Waals surface area contributed by atoms with Gasteiger partial charge in [0.15, 0.2) is 6.23 Å². The minimum absolute atomic E-state index is 0.0993. The summed E-state index contributed by atoms with van der Waals surface area (Å²) in [6.45, 7) is 4.31. The summed E-state index contributed by atoms with van der Waals surface area (Å²) >= 11 is 3.40. The summed E-state index contributed by atoms with van der Waals surface area (Å²) in [5.41, 5.74) is 1.45. The van der Waals surface area contributed by atoms with E-state index in [1.165, 1.54) is 7.11 Å². The van der Waals surface area contributed by atoms with Gasteiger partial charge in [0.05, 0.1) is 13.2 Å². The zero-order valence-corrected chi connectivity index (χ0v) is 17.7. The molecule has 1 aromatic carbocycles. The first-order chi connectivity index (χ1) is 13.3. The van der Waals surface area contributed by atoms with E-state index < -0.39 is 18.4 Å². The highest BCUT2D eigenvalue weighted by atomic mass is 79.9. The lowest BCUT2D eigenvalue weighted by molar-refractivity contribution is -0.134. The molecule has 1 aromatic rings. The van der Waals surface area contributed by atoms with Crippen LogP contribution in [0.2, 0.25) is 0 Å². The summed E-state index contributed by atoms with van der Waals surface area (Å²) in [4.78, 5) is 30.9. The number of hydrogen-bond donors (Lipinski definition) is 3. The number of methoxy groups -OCH3 is 1. The summed E-state index contributed by atoms with van der Waals surface area (Å²) in [6, 6.07) is 4.60. The number of carbonyl (C=O) groups excluding carboxylic acids is 2. The average Bonchev–Trinajstić information content (AvgIpc) is 3.15. The first-order valence-corrected chi connectivity index (χ1v) is 10.1. The number of alkyl carbamates (subject to hydrolysis) is 1. The first kappa shape index (κ1) is 20.6. The smallest absolute Gasteiger partial charge is 0.407 e. The maximum Gasteiger partial charge on any atom is 0.407 e. The van der Waals surface area contributed by atoms with Crippen molar-refractivity contribution in [2.45, 2.75) is 45.0 Å². The molecule has 0 aliphatic carbocycles. The maximum atomic E-state index is 13.2. The standard InChI is InChI=1S/C19H25BrN4O4/c1-10(2)15(22-19(27)28-3)18(26)24-8-4-5-14(24)16-21-13-7-6-11(20)9-12(13)17(25)23-16/h6-7,9-10,14-15,17,25H,4-5,8H2,1-3H3,(H,21,23)(H,22,27)/t14-,15-,17?/m0/s1. The molecule has 0 radical (unpaired) electrons. The molecule has 0 spiro atoms. The summed E-state index contributed by atoms with van der Waals surface area (Å²) in [6.07, 6.45) is -0.0657. The molecule has 152 valence electrons. The second-order valence-corrected chi connectivity index (χ2v) is 8.21. The quantitative estimate of drug-likeness (QED) is 0.651. The van der Waals surface area contributed by atoms with E-state index in [2.05, 4.69) is 36.3 Å². The molecule has 0 aromatic heterocycles. The van der Waals surface area contributed by atoms with Crippen LogP contribution in [-0.2, 0) is 9.53 Å². The number of benzene rings is 1. The molecule has 2 aliphatic rings. The average molecular weight is 453 g/mol. The topological polar surface area (TPSA) is 103 Å². The number of likely N-dealkylation sites (tertiary alicyclic amines) is 1. The second-order valence-electron chi connectivity index (χ2n) is 7.29. The van der Waals surface area contributed by atoms with Crippen molar-refractivity contribution in [2.75, 3.05) is 19.0 Å². The van der Waals surface area contributed by atoms with Gasteiger partial charge in [-0.2, -0.15) is 0 Å². The van der Waals surface area contributed by atoms with Crippen molar-refractivity contribution in [3.8, 4) is 0 Å². The SMILES string of the molecule is COC(=O)N[C@H](C(=O)N1CCC[C@H]1C1=NC(O)c2cc(Br)ccc2N1)C(C)C. The van der Waals surface area contributed by atoms with Crippen LogP contribution >= 0.6 is 15.9 Å². The van der Waals surface area contributed by atoms with Crippen LogP contribution in [0.15, 0.2) is 27.7 Å². The Hall–Kier alpha value is -2.13. The molecule has 2 amide bonds. The molecule has 0 saturated carbocycles. The number of aliphatic imine (C=N–C) groups is 1. The van der Waals surface area contributed by atoms with Crippen LogP contribution in [0.1, 0.15) is 38.5 Å². The van der Waals surface area contributed by atoms with Gasteiger partial charge in [0.25, 0.3) is 0 Å². The fourth-order valence-electron chi connectivity index (χ4n) is 3.59. The number of ether oxygens (including phenoxy) is 1. The van der Waals surface area contributed by atoms with Crippen LogP contribution < -0.4 is 10.6 Å². The lowest BCUT2D eigenvalue weighted by Gasteiger charge is -2.33. The number of hydrogen-bond acceptors (Lipinski definition) is 6. The minimum Gasteiger partial charge on any atom is -0.453 e. The van der Waals surface area contributed by atoms with Crippen LogP contribution in [0.5, 0.6) is 0 Å². The van der Waals surface area contributed by atoms with Gasteiger partial charge in [-0.15, -0.1) is 0 Å². The van der Waals surface area contributed by atoms with Crippen molar-refractivity contribution in [3.05, 3.63) is 28.2 Å². The molecule has 0 bridgehead atoms. The van der Waals surface area contributed by atoms with Gasteiger partial charge in [-0.05, 0) is 37.0 Å². The Labute approximate surface area is 172 Å². The number of carbonyl (C=O) groups is 2. The number of fused-ring (bicyclic) bond motifs is 1. The number of amides is 2. The van der Waals surface area contributed by atoms with Crippen molar-refractivity contribution in [3.63, 3.8) is 0 Å². The number of rotatable bonds is 4. The molecule has 1 saturated heterocycles. The molecule has 1 unspecified atom stereocenters. The molecule has 8 nitrogen and oxygen atoms in total. The molecule has 3 N–H and O–H groups in total. The molecular formula is C19H25BrN4O4. The summed E-state index contributed by atoms with van der Waals surface area (Å²) < 4.78 is 5.51. The van der Waals surface area contributed by atoms with Gasteiger partial charge in [-0.3, -0.25) is 4.79 Å². The van der Waals surface area contributed by atoms with Gasteiger partial charge in [0, 0.05) is 22.3 Å². The molecule has 3 atom stereocenters. The van der Waals surface area contributed by atoms with E-state index in [-0.39, 0.29) is 17.9 Å². The van der Waals surface area contributed by atoms with Crippen molar-refractivity contribution >= 4 is 39.5 Å². The number of aliphatic hydroxyl groups is 1. The Morgan fingerprint density at radius 3 is 2.86 bits per heavy atom. The van der Waals surface area contributed by atoms with Crippen LogP contribution in [0.4, 0.5) is 10.5 Å². The number of aliphatic hydroxyl groups excluding tert-OH is 1. The van der Waals surface area contributed by atoms with E-state index in [0.29, 0.717) is 17.9 Å². The molecule has 28 heavy (non-hydrogen) atoms. The largest absolute Gasteiger partial charge is 0.453 e. The highest BCUT2D eigenvalue weighted by Crippen LogP contribution is 2.33. The Morgan fingerprint density at radius 2 is 2.18 bits per heavy atom. The Kier molecular flexibility index (Phi) is 6.24. The number of nitrogens with zero attached hydrogens (tertiary/aromatic N) is 2. The first-order valence-electron chi connectivity index (χ1n) is 9.29. The van der Waals surface area contributed by atoms with E-state index in [9.17, 15) is 14.7 Å². The molecule has 1 fully saturated rings. The molecule has 3 rings (SSSR count). The molecule has 2 aliphatic heterocycles. The van der Waals surface area contributed by atoms with Gasteiger partial charge < -0.3 is 25.4 Å². The summed E-state index contributed by atoms with van der Waals surface area (Å²) in [5.74, 6) is 0.287. The van der Waals surface area contributed by atoms with Crippen LogP contribution in [0.3, 0.4) is 0 Å². The van der Waals surface area contributed by atoms with E-state index in [4.69, 9.17) is 0 Å². The Bertz CT molecular complexity index is 798. The summed E-state index contributed by atoms with van der Waals surface area (Å²) in [5, 5.41) is 16.4. The van der Waals surface area contributed by atoms with E-state index in [0.717, 1.165) is 23.0 Å². The van der Waals surface area contributed by atoms with Crippen molar-refractivity contribution in [2.24, 2.45) is 10.9 Å². The van der Waals surface area contributed by atoms with Gasteiger partial charge in [-0.25, -0.2) is 9.79 Å². The van der Waals surface area contributed by atoms with Crippen LogP contribution in [-0.4, -0.2) is 53.6 Å². The molecule has 2 heterocycles. The highest BCUT2D eigenvalue weighted by molar-refractivity contribution is 9.10. The third-order valence-corrected chi connectivity index (χ3v) is 5.55. The van der Waals surface area contributed by atoms with Crippen LogP contribution in [0, 0.1) is 5.92 Å². The second kappa shape index (κ2) is 8.48. The Balaban J connectivity index is 1.82. The highest BCUT2D eigenvalue weighted by Gasteiger charge is 2.39. The van der Waals surface area contributed by atoms with Gasteiger partial charge in [0.2, 0.25) is 5.91 Å². The number of nitrogens with one attached hydrogen (secondary N) is 2. The fourth-order valence-corrected chi connectivity index (χ4v) is 3.97. The van der Waals surface area contributed by atoms with E-state index >= 15 is 0 Å². The third-order valence-electron chi connectivity index (χ3n) is 5.06. The van der Waals surface area contributed by atoms with E-state index in [1.54, 1.807) is 4.90 Å². The number of amidine groups is 1. The van der Waals surface area contributed by atoms with Gasteiger partial charge in [-0.1, -0.05) is 29.8 Å². The molecule has 9 heteroatoms. The van der Waals surface area contributed by atoms with Crippen molar-refractivity contribution in [1.82, 2.24) is 10.2 Å². The lowest BCUT2D eigenvalue weighted by atomic mass is 10.0. The molecular weight excluding hydrogens is 428 g/mol. The normalized spacial score (nSPS) is 22.2. The lowest BCUT2D eigenvalue weighted by Crippen LogP contribution is -2.54. The van der Waals surface area contributed by atoms with Crippen molar-refractivity contribution < 1.29 is 19.4 Å². The van der Waals surface area contributed by atoms with Crippen molar-refractivity contribution in [1.29, 1.82) is 0 Å². The zero-order chi connectivity index (χ0) is 20.4. The third kappa shape index (κ3) is 4.15. The maximum absolute atomic E-state index is 13.2. The minimum atomic E-state index is -0.990. The fraction of sp³-hybridized carbons (Fsp3) is 0.526. The van der Waals surface area contributed by atoms with Crippen LogP contribution in [0.25, 0.3) is 0 Å². The van der Waals surface area contributed by atoms with E-state index in [1.807, 2.05) is 32.0 Å². The van der Waals surface area contributed by atoms with Gasteiger partial charge in [0.1, 0.15) is 11.9 Å². The summed E-state index contributed by atoms with van der Waals surface area (Å²) in [7, 11) is 1.27. The predicted molar refractivity (Wildman–Crippen MR) is 109 cm³/mol. The number of anilines is 1. The monoisotopic (exact) mass is 452 g/mol. The zero-order valence-electron chi connectivity index (χ0n) is 16.1. The predicted octanol–water partition coefficient (Wildman–Crippen LogP) is 2.64. The number of halogens is 1. The Morgan fingerprint density at radius 1 is 1.43 bits per heavy atom. The van der Waals surface area contributed by atoms with Gasteiger partial charge >= 0.3 is 6.09 Å².